The quantitative estimate of drug-likeness (QED) is 0.107. The summed E-state index contributed by atoms with van der Waals surface area (Å²) in [6.07, 6.45) is 23.3. The number of thiazole rings is 1. The number of hydrogen-bond donors (Lipinski definition) is 4. The number of carbonyl (C=O) groups excluding carboxylic acids is 2. The second-order valence-corrected chi connectivity index (χ2v) is 22.9. The lowest BCUT2D eigenvalue weighted by Crippen LogP contribution is -2.54. The Kier molecular flexibility index (Phi) is 17.4. The number of carbonyl (C=O) groups is 2. The summed E-state index contributed by atoms with van der Waals surface area (Å²) in [4.78, 5) is 54.9. The lowest BCUT2D eigenvalue weighted by Gasteiger charge is -2.34. The van der Waals surface area contributed by atoms with E-state index in [1.54, 1.807) is 17.4 Å². The van der Waals surface area contributed by atoms with Gasteiger partial charge in [0.1, 0.15) is 17.9 Å². The first-order valence-corrected chi connectivity index (χ1v) is 28.8. The van der Waals surface area contributed by atoms with Crippen molar-refractivity contribution in [3.63, 3.8) is 0 Å². The number of piperidine rings is 1. The molecule has 2 amide bonds. The van der Waals surface area contributed by atoms with E-state index in [0.29, 0.717) is 41.8 Å². The fourth-order valence-corrected chi connectivity index (χ4v) is 14.1. The van der Waals surface area contributed by atoms with Gasteiger partial charge in [0.05, 0.1) is 43.1 Å². The lowest BCUT2D eigenvalue weighted by molar-refractivity contribution is -0.141. The van der Waals surface area contributed by atoms with Crippen LogP contribution in [0.25, 0.3) is 27.0 Å². The van der Waals surface area contributed by atoms with Crippen molar-refractivity contribution in [2.45, 2.75) is 159 Å². The number of amides is 2. The topological polar surface area (TPSA) is 165 Å². The van der Waals surface area contributed by atoms with Gasteiger partial charge in [-0.3, -0.25) is 19.0 Å². The predicted molar refractivity (Wildman–Crippen MR) is 297 cm³/mol. The van der Waals surface area contributed by atoms with Crippen LogP contribution >= 0.6 is 22.9 Å². The normalized spacial score (nSPS) is 20.9. The van der Waals surface area contributed by atoms with E-state index in [2.05, 4.69) is 80.3 Å². The number of nitrogens with one attached hydrogen (secondary N) is 2. The molecule has 3 aliphatic carbocycles. The van der Waals surface area contributed by atoms with Gasteiger partial charge in [-0.1, -0.05) is 112 Å². The van der Waals surface area contributed by atoms with E-state index in [1.165, 1.54) is 86.5 Å². The van der Waals surface area contributed by atoms with Crippen molar-refractivity contribution >= 4 is 45.7 Å². The minimum absolute atomic E-state index is 0.0570. The first kappa shape index (κ1) is 52.8. The molecule has 6 aliphatic rings. The molecule has 3 aliphatic heterocycles. The lowest BCUT2D eigenvalue weighted by atomic mass is 9.69. The maximum absolute atomic E-state index is 14.0. The van der Waals surface area contributed by atoms with Gasteiger partial charge in [-0.15, -0.1) is 11.3 Å². The fourth-order valence-electron chi connectivity index (χ4n) is 13.1. The average molecular weight is 1030 g/mol. The molecule has 2 atom stereocenters. The number of fused-ring (bicyclic) bond motifs is 7. The maximum atomic E-state index is 14.0. The van der Waals surface area contributed by atoms with E-state index < -0.39 is 6.04 Å². The van der Waals surface area contributed by atoms with Gasteiger partial charge >= 0.3 is 0 Å². The Morgan fingerprint density at radius 1 is 0.863 bits per heavy atom. The number of nitrogens with zero attached hydrogens (tertiary/aromatic N) is 5. The van der Waals surface area contributed by atoms with E-state index in [4.69, 9.17) is 22.3 Å². The van der Waals surface area contributed by atoms with E-state index in [9.17, 15) is 14.4 Å². The summed E-state index contributed by atoms with van der Waals surface area (Å²) in [5.74, 6) is 2.21. The monoisotopic (exact) mass is 1030 g/mol. The standard InChI is InChI=1S/C32H45N5O2S.C26H28ClN3O.CH5N/c1-22-30(40-21-36-22)26-16-14-23(15-17-26)19-35-31(38)28-13-8-18-37(28)32(39)29(25-11-6-3-7-12-25)34-20-27(33)24-9-4-2-5-10-24;1-29-14-10-17(11-15-29)18-8-9-19-22(16-18)30-21-7-5-6-20(27)23(21)24(31)28-25(30)26(19)12-3-2-4-13-26;1-2/h14-17,20-21,24-25,28-29,34H,2-13,18-19,33H2,1H3,(H,35,38);5-9,16-17H,2-4,10-15H2,1H3;2H2,1H3/b27-20-;;. The van der Waals surface area contributed by atoms with Gasteiger partial charge < -0.3 is 31.9 Å². The SMILES string of the molecule is CN.CN1CCC(c2ccc3c(c2)-n2c(nc(=O)c4c(Cl)cccc42)C32CCCCC2)CC1.Cc1ncsc1-c1ccc(CNC(=O)C2CCCN2C(=O)C(N/C=C(\N)C2CCCCC2)C2CCCCC2)cc1. The molecule has 12 nitrogen and oxygen atoms in total. The third-order valence-corrected chi connectivity index (χ3v) is 18.4. The van der Waals surface area contributed by atoms with E-state index in [0.717, 1.165) is 105 Å². The van der Waals surface area contributed by atoms with Crippen molar-refractivity contribution in [2.24, 2.45) is 23.3 Å². The predicted octanol–water partition coefficient (Wildman–Crippen LogP) is 10.6. The van der Waals surface area contributed by atoms with Crippen molar-refractivity contribution < 1.29 is 9.59 Å². The first-order valence-electron chi connectivity index (χ1n) is 27.5. The van der Waals surface area contributed by atoms with Crippen molar-refractivity contribution in [2.75, 3.05) is 33.7 Å². The van der Waals surface area contributed by atoms with Gasteiger partial charge in [-0.25, -0.2) is 4.98 Å². The maximum Gasteiger partial charge on any atom is 0.282 e. The van der Waals surface area contributed by atoms with Gasteiger partial charge in [0.2, 0.25) is 11.8 Å². The molecule has 1 spiro atoms. The number of halogens is 1. The minimum atomic E-state index is -0.417. The van der Waals surface area contributed by atoms with Crippen LogP contribution in [0.4, 0.5) is 0 Å². The van der Waals surface area contributed by atoms with Crippen LogP contribution < -0.4 is 27.7 Å². The molecule has 0 bridgehead atoms. The summed E-state index contributed by atoms with van der Waals surface area (Å²) in [6, 6.07) is 20.4. The minimum Gasteiger partial charge on any atom is -0.401 e. The molecular formula is C59H78ClN9O3S. The summed E-state index contributed by atoms with van der Waals surface area (Å²) in [6.45, 7) is 5.39. The van der Waals surface area contributed by atoms with E-state index >= 15 is 0 Å². The summed E-state index contributed by atoms with van der Waals surface area (Å²) < 4.78 is 2.27. The van der Waals surface area contributed by atoms with Crippen LogP contribution in [0.5, 0.6) is 0 Å². The molecule has 5 heterocycles. The highest BCUT2D eigenvalue weighted by atomic mass is 35.5. The van der Waals surface area contributed by atoms with Crippen LogP contribution in [0.15, 0.2) is 82.9 Å². The molecule has 11 rings (SSSR count). The van der Waals surface area contributed by atoms with Crippen LogP contribution in [0.1, 0.15) is 156 Å². The number of nitrogens with two attached hydrogens (primary N) is 2. The molecule has 3 aromatic carbocycles. The smallest absolute Gasteiger partial charge is 0.282 e. The molecule has 2 unspecified atom stereocenters. The number of rotatable bonds is 10. The Bertz CT molecular complexity index is 2780. The Morgan fingerprint density at radius 3 is 2.26 bits per heavy atom. The zero-order valence-corrected chi connectivity index (χ0v) is 45.1. The van der Waals surface area contributed by atoms with Gasteiger partial charge in [0, 0.05) is 25.0 Å². The Hall–Kier alpha value is -5.08. The van der Waals surface area contributed by atoms with Crippen LogP contribution in [-0.4, -0.2) is 82.0 Å². The molecule has 2 saturated heterocycles. The Balaban J connectivity index is 0.000000179. The van der Waals surface area contributed by atoms with Crippen molar-refractivity contribution in [1.29, 1.82) is 0 Å². The summed E-state index contributed by atoms with van der Waals surface area (Å²) in [5, 5.41) is 7.62. The number of aromatic nitrogens is 3. The van der Waals surface area contributed by atoms with Crippen LogP contribution in [0.3, 0.4) is 0 Å². The van der Waals surface area contributed by atoms with Crippen LogP contribution in [0.2, 0.25) is 5.02 Å². The first-order chi connectivity index (χ1) is 35.6. The zero-order valence-electron chi connectivity index (χ0n) is 43.5. The number of aryl methyl sites for hydroxylation is 1. The molecule has 390 valence electrons. The number of benzene rings is 3. The number of likely N-dealkylation sites (tertiary alicyclic amines) is 2. The van der Waals surface area contributed by atoms with E-state index in [-0.39, 0.29) is 34.7 Å². The summed E-state index contributed by atoms with van der Waals surface area (Å²) >= 11 is 8.11. The van der Waals surface area contributed by atoms with Crippen molar-refractivity contribution in [3.05, 3.63) is 122 Å². The molecule has 6 N–H and O–H groups in total. The second kappa shape index (κ2) is 24.1. The molecule has 5 aromatic rings. The molecule has 73 heavy (non-hydrogen) atoms. The highest BCUT2D eigenvalue weighted by Gasteiger charge is 2.47. The second-order valence-electron chi connectivity index (χ2n) is 21.6. The van der Waals surface area contributed by atoms with Gasteiger partial charge in [-0.2, -0.15) is 4.98 Å². The third-order valence-electron chi connectivity index (χ3n) is 17.1. The highest BCUT2D eigenvalue weighted by molar-refractivity contribution is 7.13. The van der Waals surface area contributed by atoms with Crippen LogP contribution in [0, 0.1) is 18.8 Å². The summed E-state index contributed by atoms with van der Waals surface area (Å²) in [5.41, 5.74) is 21.5. The van der Waals surface area contributed by atoms with Crippen molar-refractivity contribution in [1.82, 2.24) is 35.0 Å². The van der Waals surface area contributed by atoms with Gasteiger partial charge in [-0.05, 0) is 157 Å². The molecule has 2 aromatic heterocycles. The van der Waals surface area contributed by atoms with Crippen LogP contribution in [-0.2, 0) is 21.5 Å². The molecule has 0 radical (unpaired) electrons. The molecule has 14 heteroatoms. The van der Waals surface area contributed by atoms with E-state index in [1.807, 2.05) is 35.7 Å². The van der Waals surface area contributed by atoms with Gasteiger partial charge in [0.15, 0.2) is 0 Å². The Morgan fingerprint density at radius 2 is 1.56 bits per heavy atom. The third kappa shape index (κ3) is 11.3. The zero-order chi connectivity index (χ0) is 51.1. The molecular weight excluding hydrogens is 950 g/mol. The highest BCUT2D eigenvalue weighted by Crippen LogP contribution is 2.52. The molecule has 3 saturated carbocycles. The molecule has 5 fully saturated rings. The number of allylic oxidation sites excluding steroid dienone is 1. The Labute approximate surface area is 441 Å². The summed E-state index contributed by atoms with van der Waals surface area (Å²) in [7, 11) is 3.71. The van der Waals surface area contributed by atoms with Gasteiger partial charge in [0.25, 0.3) is 5.56 Å². The largest absolute Gasteiger partial charge is 0.401 e. The average Bonchev–Trinajstić information content (AvgIpc) is 4.17. The fraction of sp³-hybridized carbons (Fsp3) is 0.542. The van der Waals surface area contributed by atoms with Crippen molar-refractivity contribution in [3.8, 4) is 16.1 Å². The number of hydrogen-bond acceptors (Lipinski definition) is 10.